The van der Waals surface area contributed by atoms with Gasteiger partial charge in [0.05, 0.1) is 11.4 Å². The van der Waals surface area contributed by atoms with E-state index in [1.165, 1.54) is 18.5 Å². The van der Waals surface area contributed by atoms with Crippen molar-refractivity contribution in [2.75, 3.05) is 13.1 Å². The Morgan fingerprint density at radius 3 is 3.00 bits per heavy atom. The number of pyridine rings is 1. The molecular weight excluding hydrogens is 212 g/mol. The summed E-state index contributed by atoms with van der Waals surface area (Å²) < 4.78 is 0. The Balaban J connectivity index is 1.88. The molecule has 17 heavy (non-hydrogen) atoms. The van der Waals surface area contributed by atoms with Crippen molar-refractivity contribution in [3.63, 3.8) is 0 Å². The molecule has 0 bridgehead atoms. The van der Waals surface area contributed by atoms with Crippen LogP contribution in [-0.4, -0.2) is 28.3 Å². The molecular formula is C13H16N4. The molecule has 0 saturated carbocycles. The SMILES string of the molecule is c1cc(-c2ccn[nH]2)nc(C2CCCNC2)c1. The van der Waals surface area contributed by atoms with E-state index in [0.717, 1.165) is 24.5 Å². The molecule has 1 unspecified atom stereocenters. The molecule has 88 valence electrons. The minimum atomic E-state index is 0.548. The molecule has 3 rings (SSSR count). The summed E-state index contributed by atoms with van der Waals surface area (Å²) in [6, 6.07) is 8.17. The molecule has 0 aliphatic carbocycles. The van der Waals surface area contributed by atoms with Crippen molar-refractivity contribution in [2.24, 2.45) is 0 Å². The first-order chi connectivity index (χ1) is 8.43. The molecule has 2 aromatic heterocycles. The van der Waals surface area contributed by atoms with Crippen molar-refractivity contribution < 1.29 is 0 Å². The van der Waals surface area contributed by atoms with Crippen LogP contribution < -0.4 is 5.32 Å². The fourth-order valence-electron chi connectivity index (χ4n) is 2.33. The van der Waals surface area contributed by atoms with Crippen LogP contribution in [0.25, 0.3) is 11.4 Å². The molecule has 1 aliphatic heterocycles. The predicted molar refractivity (Wildman–Crippen MR) is 66.7 cm³/mol. The topological polar surface area (TPSA) is 53.6 Å². The van der Waals surface area contributed by atoms with E-state index in [0.29, 0.717) is 5.92 Å². The monoisotopic (exact) mass is 228 g/mol. The number of piperidine rings is 1. The Morgan fingerprint density at radius 2 is 2.24 bits per heavy atom. The first-order valence-electron chi connectivity index (χ1n) is 6.11. The van der Waals surface area contributed by atoms with Crippen molar-refractivity contribution in [3.8, 4) is 11.4 Å². The van der Waals surface area contributed by atoms with Gasteiger partial charge in [0.15, 0.2) is 0 Å². The molecule has 1 atom stereocenters. The Labute approximate surface area is 100 Å². The Hall–Kier alpha value is -1.68. The smallest absolute Gasteiger partial charge is 0.0883 e. The average Bonchev–Trinajstić information content (AvgIpc) is 2.94. The second-order valence-electron chi connectivity index (χ2n) is 4.46. The molecule has 4 heteroatoms. The van der Waals surface area contributed by atoms with E-state index in [1.807, 2.05) is 12.1 Å². The summed E-state index contributed by atoms with van der Waals surface area (Å²) in [5, 5.41) is 10.3. The maximum Gasteiger partial charge on any atom is 0.0883 e. The zero-order valence-corrected chi connectivity index (χ0v) is 9.69. The Morgan fingerprint density at radius 1 is 1.24 bits per heavy atom. The molecule has 0 spiro atoms. The summed E-state index contributed by atoms with van der Waals surface area (Å²) in [6.07, 6.45) is 4.22. The van der Waals surface area contributed by atoms with Crippen LogP contribution in [0.4, 0.5) is 0 Å². The fourth-order valence-corrected chi connectivity index (χ4v) is 2.33. The van der Waals surface area contributed by atoms with Gasteiger partial charge in [0.2, 0.25) is 0 Å². The van der Waals surface area contributed by atoms with Crippen LogP contribution in [-0.2, 0) is 0 Å². The highest BCUT2D eigenvalue weighted by Crippen LogP contribution is 2.23. The number of rotatable bonds is 2. The van der Waals surface area contributed by atoms with Crippen LogP contribution in [0.5, 0.6) is 0 Å². The van der Waals surface area contributed by atoms with Crippen molar-refractivity contribution in [1.82, 2.24) is 20.5 Å². The molecule has 3 heterocycles. The zero-order valence-electron chi connectivity index (χ0n) is 9.69. The maximum atomic E-state index is 4.73. The maximum absolute atomic E-state index is 4.73. The normalized spacial score (nSPS) is 20.4. The third kappa shape index (κ3) is 2.22. The van der Waals surface area contributed by atoms with Gasteiger partial charge < -0.3 is 5.32 Å². The van der Waals surface area contributed by atoms with E-state index >= 15 is 0 Å². The van der Waals surface area contributed by atoms with Gasteiger partial charge in [-0.3, -0.25) is 10.1 Å². The number of hydrogen-bond donors (Lipinski definition) is 2. The van der Waals surface area contributed by atoms with Crippen molar-refractivity contribution in [3.05, 3.63) is 36.2 Å². The standard InChI is InChI=1S/C13H16N4/c1-4-11(10-3-2-7-14-9-10)16-12(5-1)13-6-8-15-17-13/h1,4-6,8,10,14H,2-3,7,9H2,(H,15,17). The molecule has 1 aliphatic rings. The van der Waals surface area contributed by atoms with E-state index < -0.39 is 0 Å². The lowest BCUT2D eigenvalue weighted by atomic mass is 9.95. The van der Waals surface area contributed by atoms with Crippen molar-refractivity contribution in [1.29, 1.82) is 0 Å². The van der Waals surface area contributed by atoms with Gasteiger partial charge in [0.1, 0.15) is 0 Å². The fraction of sp³-hybridized carbons (Fsp3) is 0.385. The van der Waals surface area contributed by atoms with E-state index in [-0.39, 0.29) is 0 Å². The molecule has 0 amide bonds. The van der Waals surface area contributed by atoms with Crippen LogP contribution in [0.3, 0.4) is 0 Å². The number of aromatic nitrogens is 3. The molecule has 2 N–H and O–H groups in total. The van der Waals surface area contributed by atoms with Crippen molar-refractivity contribution >= 4 is 0 Å². The Bertz CT molecular complexity index is 472. The number of nitrogens with one attached hydrogen (secondary N) is 2. The van der Waals surface area contributed by atoms with Gasteiger partial charge in [-0.2, -0.15) is 5.10 Å². The van der Waals surface area contributed by atoms with Gasteiger partial charge in [0.25, 0.3) is 0 Å². The zero-order chi connectivity index (χ0) is 11.5. The van der Waals surface area contributed by atoms with Crippen molar-refractivity contribution in [2.45, 2.75) is 18.8 Å². The molecule has 1 fully saturated rings. The third-order valence-corrected chi connectivity index (χ3v) is 3.26. The highest BCUT2D eigenvalue weighted by molar-refractivity contribution is 5.53. The number of nitrogens with zero attached hydrogens (tertiary/aromatic N) is 2. The first-order valence-corrected chi connectivity index (χ1v) is 6.11. The molecule has 1 saturated heterocycles. The van der Waals surface area contributed by atoms with E-state index in [1.54, 1.807) is 6.20 Å². The largest absolute Gasteiger partial charge is 0.316 e. The quantitative estimate of drug-likeness (QED) is 0.826. The summed E-state index contributed by atoms with van der Waals surface area (Å²) in [7, 11) is 0. The predicted octanol–water partition coefficient (Wildman–Crippen LogP) is 1.94. The lowest BCUT2D eigenvalue weighted by Gasteiger charge is -2.22. The molecule has 0 aromatic carbocycles. The van der Waals surface area contributed by atoms with E-state index in [2.05, 4.69) is 27.6 Å². The summed E-state index contributed by atoms with van der Waals surface area (Å²) >= 11 is 0. The molecule has 0 radical (unpaired) electrons. The summed E-state index contributed by atoms with van der Waals surface area (Å²) in [5.74, 6) is 0.548. The number of hydrogen-bond acceptors (Lipinski definition) is 3. The van der Waals surface area contributed by atoms with Gasteiger partial charge in [0, 0.05) is 24.4 Å². The van der Waals surface area contributed by atoms with Gasteiger partial charge in [-0.05, 0) is 37.6 Å². The van der Waals surface area contributed by atoms with Gasteiger partial charge in [-0.25, -0.2) is 0 Å². The van der Waals surface area contributed by atoms with Gasteiger partial charge in [-0.1, -0.05) is 6.07 Å². The van der Waals surface area contributed by atoms with Crippen LogP contribution in [0.1, 0.15) is 24.5 Å². The lowest BCUT2D eigenvalue weighted by molar-refractivity contribution is 0.455. The number of aromatic amines is 1. The van der Waals surface area contributed by atoms with Crippen LogP contribution in [0.15, 0.2) is 30.5 Å². The molecule has 4 nitrogen and oxygen atoms in total. The second-order valence-corrected chi connectivity index (χ2v) is 4.46. The minimum absolute atomic E-state index is 0.548. The average molecular weight is 228 g/mol. The third-order valence-electron chi connectivity index (χ3n) is 3.26. The lowest BCUT2D eigenvalue weighted by Crippen LogP contribution is -2.28. The molecule has 2 aromatic rings. The summed E-state index contributed by atoms with van der Waals surface area (Å²) in [6.45, 7) is 2.18. The number of H-pyrrole nitrogens is 1. The summed E-state index contributed by atoms with van der Waals surface area (Å²) in [5.41, 5.74) is 3.14. The minimum Gasteiger partial charge on any atom is -0.316 e. The van der Waals surface area contributed by atoms with Crippen LogP contribution in [0, 0.1) is 0 Å². The first kappa shape index (κ1) is 10.5. The second kappa shape index (κ2) is 4.67. The van der Waals surface area contributed by atoms with Gasteiger partial charge in [-0.15, -0.1) is 0 Å². The van der Waals surface area contributed by atoms with Crippen LogP contribution >= 0.6 is 0 Å². The summed E-state index contributed by atoms with van der Waals surface area (Å²) in [4.78, 5) is 4.73. The highest BCUT2D eigenvalue weighted by Gasteiger charge is 2.16. The van der Waals surface area contributed by atoms with Gasteiger partial charge >= 0.3 is 0 Å². The highest BCUT2D eigenvalue weighted by atomic mass is 15.1. The Kier molecular flexibility index (Phi) is 2.88. The van der Waals surface area contributed by atoms with E-state index in [4.69, 9.17) is 4.98 Å². The van der Waals surface area contributed by atoms with E-state index in [9.17, 15) is 0 Å². The van der Waals surface area contributed by atoms with Crippen LogP contribution in [0.2, 0.25) is 0 Å².